The molecule has 1 heterocycles. The number of thiazole rings is 1. The quantitative estimate of drug-likeness (QED) is 0.811. The summed E-state index contributed by atoms with van der Waals surface area (Å²) < 4.78 is 0. The third-order valence-electron chi connectivity index (χ3n) is 4.97. The van der Waals surface area contributed by atoms with Crippen molar-refractivity contribution in [2.75, 3.05) is 6.54 Å². The van der Waals surface area contributed by atoms with E-state index >= 15 is 0 Å². The van der Waals surface area contributed by atoms with E-state index in [4.69, 9.17) is 10.1 Å². The van der Waals surface area contributed by atoms with Crippen LogP contribution < -0.4 is 5.32 Å². The number of hydrogen-bond donors (Lipinski definition) is 2. The van der Waals surface area contributed by atoms with Crippen LogP contribution in [0.1, 0.15) is 35.6 Å². The first-order valence-electron chi connectivity index (χ1n) is 9.07. The van der Waals surface area contributed by atoms with Crippen molar-refractivity contribution in [2.45, 2.75) is 39.0 Å². The summed E-state index contributed by atoms with van der Waals surface area (Å²) in [5, 5.41) is 13.0. The monoisotopic (exact) mass is 372 g/mol. The first kappa shape index (κ1) is 18.6. The lowest BCUT2D eigenvalue weighted by atomic mass is 9.81. The van der Waals surface area contributed by atoms with Gasteiger partial charge in [0.2, 0.25) is 5.91 Å². The summed E-state index contributed by atoms with van der Waals surface area (Å²) >= 11 is 1.67. The van der Waals surface area contributed by atoms with Crippen LogP contribution in [0.4, 0.5) is 0 Å². The predicted molar refractivity (Wildman–Crippen MR) is 102 cm³/mol. The molecule has 2 N–H and O–H groups in total. The normalized spacial score (nSPS) is 19.9. The maximum Gasteiger partial charge on any atom is 0.306 e. The minimum atomic E-state index is -0.739. The number of carboxylic acids is 1. The number of benzene rings is 1. The molecule has 0 radical (unpaired) electrons. The SMILES string of the molecule is Cc1sc(CCNC(=O)C2CCC(C(=O)O)CC2)nc1-c1ccccc1. The largest absolute Gasteiger partial charge is 0.481 e. The fourth-order valence-electron chi connectivity index (χ4n) is 3.46. The van der Waals surface area contributed by atoms with Gasteiger partial charge < -0.3 is 10.4 Å². The highest BCUT2D eigenvalue weighted by molar-refractivity contribution is 7.12. The number of aliphatic carboxylic acids is 1. The molecule has 1 amide bonds. The summed E-state index contributed by atoms with van der Waals surface area (Å²) in [5.74, 6) is -1.03. The topological polar surface area (TPSA) is 79.3 Å². The second-order valence-electron chi connectivity index (χ2n) is 6.81. The van der Waals surface area contributed by atoms with E-state index in [-0.39, 0.29) is 17.7 Å². The van der Waals surface area contributed by atoms with E-state index in [1.165, 1.54) is 4.88 Å². The zero-order chi connectivity index (χ0) is 18.5. The van der Waals surface area contributed by atoms with Crippen LogP contribution in [0, 0.1) is 18.8 Å². The van der Waals surface area contributed by atoms with E-state index in [0.717, 1.165) is 16.3 Å². The molecule has 3 rings (SSSR count). The molecule has 2 aromatic rings. The van der Waals surface area contributed by atoms with Crippen molar-refractivity contribution in [2.24, 2.45) is 11.8 Å². The summed E-state index contributed by atoms with van der Waals surface area (Å²) in [7, 11) is 0. The Morgan fingerprint density at radius 3 is 2.46 bits per heavy atom. The molecule has 138 valence electrons. The smallest absolute Gasteiger partial charge is 0.306 e. The van der Waals surface area contributed by atoms with E-state index in [1.807, 2.05) is 18.2 Å². The van der Waals surface area contributed by atoms with Gasteiger partial charge in [0, 0.05) is 29.3 Å². The van der Waals surface area contributed by atoms with Gasteiger partial charge in [-0.25, -0.2) is 4.98 Å². The van der Waals surface area contributed by atoms with Gasteiger partial charge in [-0.05, 0) is 32.6 Å². The molecule has 0 bridgehead atoms. The van der Waals surface area contributed by atoms with E-state index in [1.54, 1.807) is 11.3 Å². The van der Waals surface area contributed by atoms with Gasteiger partial charge in [0.25, 0.3) is 0 Å². The van der Waals surface area contributed by atoms with Gasteiger partial charge in [-0.1, -0.05) is 30.3 Å². The molecule has 0 atom stereocenters. The molecule has 1 saturated carbocycles. The van der Waals surface area contributed by atoms with Gasteiger partial charge >= 0.3 is 5.97 Å². The minimum absolute atomic E-state index is 0.0467. The lowest BCUT2D eigenvalue weighted by Crippen LogP contribution is -2.35. The zero-order valence-corrected chi connectivity index (χ0v) is 15.7. The standard InChI is InChI=1S/C20H24N2O3S/c1-13-18(14-5-3-2-4-6-14)22-17(26-13)11-12-21-19(23)15-7-9-16(10-8-15)20(24)25/h2-6,15-16H,7-12H2,1H3,(H,21,23)(H,24,25). The molecule has 0 saturated heterocycles. The van der Waals surface area contributed by atoms with Crippen LogP contribution in [0.15, 0.2) is 30.3 Å². The predicted octanol–water partition coefficient (Wildman–Crippen LogP) is 3.67. The second-order valence-corrected chi connectivity index (χ2v) is 8.09. The Kier molecular flexibility index (Phi) is 6.04. The Hall–Kier alpha value is -2.21. The number of aromatic nitrogens is 1. The Labute approximate surface area is 157 Å². The van der Waals surface area contributed by atoms with Crippen molar-refractivity contribution in [1.29, 1.82) is 0 Å². The number of aryl methyl sites for hydroxylation is 1. The number of carboxylic acid groups (broad SMARTS) is 1. The summed E-state index contributed by atoms with van der Waals surface area (Å²) in [6.45, 7) is 2.64. The van der Waals surface area contributed by atoms with Crippen LogP contribution in [-0.2, 0) is 16.0 Å². The number of rotatable bonds is 6. The third kappa shape index (κ3) is 4.49. The van der Waals surface area contributed by atoms with Crippen molar-refractivity contribution in [3.8, 4) is 11.3 Å². The van der Waals surface area contributed by atoms with E-state index in [2.05, 4.69) is 24.4 Å². The van der Waals surface area contributed by atoms with Crippen molar-refractivity contribution < 1.29 is 14.7 Å². The summed E-state index contributed by atoms with van der Waals surface area (Å²) in [5.41, 5.74) is 2.13. The van der Waals surface area contributed by atoms with Crippen LogP contribution >= 0.6 is 11.3 Å². The van der Waals surface area contributed by atoms with Gasteiger partial charge in [-0.15, -0.1) is 11.3 Å². The van der Waals surface area contributed by atoms with Crippen LogP contribution in [-0.4, -0.2) is 28.5 Å². The highest BCUT2D eigenvalue weighted by Crippen LogP contribution is 2.29. The van der Waals surface area contributed by atoms with Gasteiger partial charge in [-0.3, -0.25) is 9.59 Å². The van der Waals surface area contributed by atoms with E-state index in [9.17, 15) is 9.59 Å². The number of amides is 1. The maximum absolute atomic E-state index is 12.3. The molecule has 6 heteroatoms. The number of carbonyl (C=O) groups is 2. The Morgan fingerprint density at radius 2 is 1.81 bits per heavy atom. The first-order chi connectivity index (χ1) is 12.5. The molecule has 0 spiro atoms. The average molecular weight is 372 g/mol. The molecule has 0 aliphatic heterocycles. The molecule has 1 aromatic carbocycles. The van der Waals surface area contributed by atoms with Crippen molar-refractivity contribution >= 4 is 23.2 Å². The number of nitrogens with zero attached hydrogens (tertiary/aromatic N) is 1. The lowest BCUT2D eigenvalue weighted by Gasteiger charge is -2.25. The van der Waals surface area contributed by atoms with Gasteiger partial charge in [0.15, 0.2) is 0 Å². The number of hydrogen-bond acceptors (Lipinski definition) is 4. The molecule has 0 unspecified atom stereocenters. The second kappa shape index (κ2) is 8.45. The highest BCUT2D eigenvalue weighted by Gasteiger charge is 2.29. The number of nitrogens with one attached hydrogen (secondary N) is 1. The summed E-state index contributed by atoms with van der Waals surface area (Å²) in [6.07, 6.45) is 3.24. The Balaban J connectivity index is 1.48. The Morgan fingerprint density at radius 1 is 1.15 bits per heavy atom. The fraction of sp³-hybridized carbons (Fsp3) is 0.450. The van der Waals surface area contributed by atoms with Crippen LogP contribution in [0.5, 0.6) is 0 Å². The Bertz CT molecular complexity index is 765. The fourth-order valence-corrected chi connectivity index (χ4v) is 4.42. The molecule has 5 nitrogen and oxygen atoms in total. The van der Waals surface area contributed by atoms with Gasteiger partial charge in [0.05, 0.1) is 16.6 Å². The molecule has 1 aliphatic carbocycles. The van der Waals surface area contributed by atoms with Crippen LogP contribution in [0.2, 0.25) is 0 Å². The third-order valence-corrected chi connectivity index (χ3v) is 6.00. The highest BCUT2D eigenvalue weighted by atomic mass is 32.1. The number of carbonyl (C=O) groups excluding carboxylic acids is 1. The van der Waals surface area contributed by atoms with E-state index in [0.29, 0.717) is 38.6 Å². The lowest BCUT2D eigenvalue weighted by molar-refractivity contribution is -0.144. The van der Waals surface area contributed by atoms with Crippen molar-refractivity contribution in [3.05, 3.63) is 40.2 Å². The molecular weight excluding hydrogens is 348 g/mol. The van der Waals surface area contributed by atoms with Crippen LogP contribution in [0.25, 0.3) is 11.3 Å². The van der Waals surface area contributed by atoms with Crippen molar-refractivity contribution in [3.63, 3.8) is 0 Å². The van der Waals surface area contributed by atoms with Crippen LogP contribution in [0.3, 0.4) is 0 Å². The molecule has 1 aliphatic rings. The van der Waals surface area contributed by atoms with Gasteiger partial charge in [-0.2, -0.15) is 0 Å². The minimum Gasteiger partial charge on any atom is -0.481 e. The maximum atomic E-state index is 12.3. The van der Waals surface area contributed by atoms with Crippen molar-refractivity contribution in [1.82, 2.24) is 10.3 Å². The zero-order valence-electron chi connectivity index (χ0n) is 14.9. The first-order valence-corrected chi connectivity index (χ1v) is 9.88. The average Bonchev–Trinajstić information content (AvgIpc) is 3.03. The summed E-state index contributed by atoms with van der Waals surface area (Å²) in [4.78, 5) is 29.2. The van der Waals surface area contributed by atoms with Gasteiger partial charge in [0.1, 0.15) is 0 Å². The molecule has 26 heavy (non-hydrogen) atoms. The molecule has 1 fully saturated rings. The molecular formula is C20H24N2O3S. The summed E-state index contributed by atoms with van der Waals surface area (Å²) in [6, 6.07) is 10.1. The van der Waals surface area contributed by atoms with E-state index < -0.39 is 5.97 Å². The molecule has 1 aromatic heterocycles.